The van der Waals surface area contributed by atoms with Gasteiger partial charge in [0.1, 0.15) is 28.5 Å². The molecule has 0 radical (unpaired) electrons. The van der Waals surface area contributed by atoms with Crippen molar-refractivity contribution in [3.05, 3.63) is 48.2 Å². The Balaban J connectivity index is 1.65. The number of methoxy groups -OCH3 is 3. The van der Waals surface area contributed by atoms with Crippen molar-refractivity contribution in [2.75, 3.05) is 26.2 Å². The third kappa shape index (κ3) is 4.04. The van der Waals surface area contributed by atoms with Gasteiger partial charge in [-0.05, 0) is 38.0 Å². The first kappa shape index (κ1) is 24.0. The predicted octanol–water partition coefficient (Wildman–Crippen LogP) is 4.54. The van der Waals surface area contributed by atoms with Gasteiger partial charge in [-0.1, -0.05) is 19.3 Å². The lowest BCUT2D eigenvalue weighted by Gasteiger charge is -2.44. The summed E-state index contributed by atoms with van der Waals surface area (Å²) in [6, 6.07) is 13.0. The van der Waals surface area contributed by atoms with Crippen LogP contribution < -0.4 is 24.4 Å². The minimum atomic E-state index is -1.19. The Morgan fingerprint density at radius 2 is 1.58 bits per heavy atom. The lowest BCUT2D eigenvalue weighted by Crippen LogP contribution is -2.65. The maximum atomic E-state index is 14.2. The lowest BCUT2D eigenvalue weighted by atomic mass is 9.91. The van der Waals surface area contributed by atoms with Gasteiger partial charge in [-0.3, -0.25) is 14.5 Å². The Morgan fingerprint density at radius 1 is 0.917 bits per heavy atom. The van der Waals surface area contributed by atoms with Gasteiger partial charge in [0.25, 0.3) is 5.91 Å². The number of anilines is 1. The van der Waals surface area contributed by atoms with Crippen LogP contribution in [-0.4, -0.2) is 49.3 Å². The molecule has 5 rings (SSSR count). The molecule has 2 aromatic carbocycles. The van der Waals surface area contributed by atoms with E-state index in [1.54, 1.807) is 44.4 Å². The van der Waals surface area contributed by atoms with E-state index in [2.05, 4.69) is 5.32 Å². The first-order valence-corrected chi connectivity index (χ1v) is 12.4. The van der Waals surface area contributed by atoms with Crippen LogP contribution in [0, 0.1) is 0 Å². The molecule has 1 N–H and O–H groups in total. The van der Waals surface area contributed by atoms with Crippen LogP contribution in [0.2, 0.25) is 0 Å². The van der Waals surface area contributed by atoms with Gasteiger partial charge >= 0.3 is 0 Å². The molecule has 1 atom stereocenters. The van der Waals surface area contributed by atoms with Crippen LogP contribution in [0.25, 0.3) is 10.9 Å². The van der Waals surface area contributed by atoms with Gasteiger partial charge in [-0.2, -0.15) is 0 Å². The Kier molecular flexibility index (Phi) is 6.28. The molecule has 1 aromatic heterocycles. The van der Waals surface area contributed by atoms with Gasteiger partial charge in [-0.25, -0.2) is 0 Å². The summed E-state index contributed by atoms with van der Waals surface area (Å²) in [4.78, 5) is 29.8. The van der Waals surface area contributed by atoms with Crippen molar-refractivity contribution in [1.82, 2.24) is 9.88 Å². The van der Waals surface area contributed by atoms with E-state index in [0.29, 0.717) is 35.2 Å². The summed E-state index contributed by atoms with van der Waals surface area (Å²) in [6.07, 6.45) is 5.31. The molecule has 8 nitrogen and oxygen atoms in total. The van der Waals surface area contributed by atoms with Gasteiger partial charge in [-0.15, -0.1) is 0 Å². The number of nitrogens with zero attached hydrogens (tertiary/aromatic N) is 2. The fourth-order valence-corrected chi connectivity index (χ4v) is 5.51. The van der Waals surface area contributed by atoms with Gasteiger partial charge in [0, 0.05) is 35.7 Å². The van der Waals surface area contributed by atoms with E-state index >= 15 is 0 Å². The average Bonchev–Trinajstić information content (AvgIpc) is 3.26. The number of amides is 2. The summed E-state index contributed by atoms with van der Waals surface area (Å²) >= 11 is 0. The van der Waals surface area contributed by atoms with Crippen molar-refractivity contribution in [2.24, 2.45) is 0 Å². The predicted molar refractivity (Wildman–Crippen MR) is 138 cm³/mol. The number of carbonyl (C=O) groups excluding carboxylic acids is 2. The zero-order valence-electron chi connectivity index (χ0n) is 21.3. The highest BCUT2D eigenvalue weighted by molar-refractivity contribution is 6.14. The van der Waals surface area contributed by atoms with E-state index in [1.165, 1.54) is 6.42 Å². The molecule has 2 amide bonds. The highest BCUT2D eigenvalue weighted by atomic mass is 16.5. The number of aromatic nitrogens is 1. The maximum Gasteiger partial charge on any atom is 0.275 e. The zero-order chi connectivity index (χ0) is 25.4. The number of hydrogen-bond acceptors (Lipinski definition) is 5. The van der Waals surface area contributed by atoms with E-state index in [4.69, 9.17) is 14.2 Å². The standard InChI is InChI=1S/C28H33N3O5/c1-28(27(33)29-19-8-6-5-7-9-19)17-30-24-16-21(34-2)11-10-18(24)12-25(30)26(32)31(28)20-13-22(35-3)15-23(14-20)36-4/h10-16,19H,5-9,17H2,1-4H3,(H,29,33). The normalized spacial score (nSPS) is 20.2. The van der Waals surface area contributed by atoms with Crippen molar-refractivity contribution in [2.45, 2.75) is 57.2 Å². The molecule has 1 fully saturated rings. The molecule has 2 aliphatic rings. The van der Waals surface area contributed by atoms with Crippen LogP contribution in [0.1, 0.15) is 49.5 Å². The summed E-state index contributed by atoms with van der Waals surface area (Å²) in [5.74, 6) is 1.36. The highest BCUT2D eigenvalue weighted by Crippen LogP contribution is 2.39. The van der Waals surface area contributed by atoms with E-state index in [1.807, 2.05) is 35.8 Å². The first-order chi connectivity index (χ1) is 17.4. The number of rotatable bonds is 6. The fourth-order valence-electron chi connectivity index (χ4n) is 5.51. The molecular formula is C28H33N3O5. The van der Waals surface area contributed by atoms with Crippen molar-refractivity contribution >= 4 is 28.4 Å². The van der Waals surface area contributed by atoms with Crippen LogP contribution in [0.3, 0.4) is 0 Å². The van der Waals surface area contributed by atoms with Crippen molar-refractivity contribution in [3.63, 3.8) is 0 Å². The smallest absolute Gasteiger partial charge is 0.275 e. The SMILES string of the molecule is COc1cc(OC)cc(N2C(=O)c3cc4ccc(OC)cc4n3CC2(C)C(=O)NC2CCCCC2)c1. The molecular weight excluding hydrogens is 458 g/mol. The summed E-state index contributed by atoms with van der Waals surface area (Å²) in [7, 11) is 4.75. The molecule has 8 heteroatoms. The molecule has 1 aliphatic carbocycles. The van der Waals surface area contributed by atoms with E-state index in [0.717, 1.165) is 36.6 Å². The van der Waals surface area contributed by atoms with E-state index in [9.17, 15) is 9.59 Å². The number of fused-ring (bicyclic) bond motifs is 3. The van der Waals surface area contributed by atoms with E-state index in [-0.39, 0.29) is 17.9 Å². The number of benzene rings is 2. The van der Waals surface area contributed by atoms with Crippen LogP contribution in [0.15, 0.2) is 42.5 Å². The summed E-state index contributed by atoms with van der Waals surface area (Å²) in [6.45, 7) is 2.13. The highest BCUT2D eigenvalue weighted by Gasteiger charge is 2.49. The summed E-state index contributed by atoms with van der Waals surface area (Å²) < 4.78 is 18.3. The Hall–Kier alpha value is -3.68. The van der Waals surface area contributed by atoms with Gasteiger partial charge in [0.15, 0.2) is 0 Å². The molecule has 1 saturated carbocycles. The van der Waals surface area contributed by atoms with Crippen molar-refractivity contribution in [3.8, 4) is 17.2 Å². The minimum Gasteiger partial charge on any atom is -0.497 e. The molecule has 0 bridgehead atoms. The second-order valence-electron chi connectivity index (χ2n) is 9.83. The Morgan fingerprint density at radius 3 is 2.22 bits per heavy atom. The van der Waals surface area contributed by atoms with E-state index < -0.39 is 5.54 Å². The number of ether oxygens (including phenoxy) is 3. The number of nitrogens with one attached hydrogen (secondary N) is 1. The second-order valence-corrected chi connectivity index (χ2v) is 9.83. The molecule has 1 aliphatic heterocycles. The number of carbonyl (C=O) groups is 2. The van der Waals surface area contributed by atoms with Crippen LogP contribution in [0.5, 0.6) is 17.2 Å². The minimum absolute atomic E-state index is 0.114. The zero-order valence-corrected chi connectivity index (χ0v) is 21.3. The third-order valence-electron chi connectivity index (χ3n) is 7.52. The molecule has 36 heavy (non-hydrogen) atoms. The van der Waals surface area contributed by atoms with Crippen molar-refractivity contribution < 1.29 is 23.8 Å². The second kappa shape index (κ2) is 9.41. The van der Waals surface area contributed by atoms with Crippen LogP contribution in [0.4, 0.5) is 5.69 Å². The molecule has 0 saturated heterocycles. The van der Waals surface area contributed by atoms with Crippen molar-refractivity contribution in [1.29, 1.82) is 0 Å². The molecule has 0 spiro atoms. The summed E-state index contributed by atoms with van der Waals surface area (Å²) in [5.41, 5.74) is 0.736. The first-order valence-electron chi connectivity index (χ1n) is 12.4. The maximum absolute atomic E-state index is 14.2. The largest absolute Gasteiger partial charge is 0.497 e. The lowest BCUT2D eigenvalue weighted by molar-refractivity contribution is -0.127. The average molecular weight is 492 g/mol. The monoisotopic (exact) mass is 491 g/mol. The van der Waals surface area contributed by atoms with Gasteiger partial charge < -0.3 is 24.1 Å². The quantitative estimate of drug-likeness (QED) is 0.548. The molecule has 2 heterocycles. The Bertz CT molecular complexity index is 1290. The fraction of sp³-hybridized carbons (Fsp3) is 0.429. The van der Waals surface area contributed by atoms with Gasteiger partial charge in [0.2, 0.25) is 5.91 Å². The molecule has 190 valence electrons. The van der Waals surface area contributed by atoms with Gasteiger partial charge in [0.05, 0.1) is 39.1 Å². The van der Waals surface area contributed by atoms with Crippen LogP contribution in [-0.2, 0) is 11.3 Å². The number of hydrogen-bond donors (Lipinski definition) is 1. The third-order valence-corrected chi connectivity index (χ3v) is 7.52. The topological polar surface area (TPSA) is 82.0 Å². The molecule has 1 unspecified atom stereocenters. The Labute approximate surface area is 211 Å². The summed E-state index contributed by atoms with van der Waals surface area (Å²) in [5, 5.41) is 4.18. The molecule has 3 aromatic rings. The van der Waals surface area contributed by atoms with Crippen LogP contribution >= 0.6 is 0 Å².